The summed E-state index contributed by atoms with van der Waals surface area (Å²) < 4.78 is 46.7. The first kappa shape index (κ1) is 13.5. The zero-order valence-electron chi connectivity index (χ0n) is 9.04. The third-order valence-corrected chi connectivity index (χ3v) is 1.67. The lowest BCUT2D eigenvalue weighted by Crippen LogP contribution is -2.11. The molecule has 0 radical (unpaired) electrons. The molecule has 17 heavy (non-hydrogen) atoms. The first-order chi connectivity index (χ1) is 7.71. The lowest BCUT2D eigenvalue weighted by molar-refractivity contribution is -0.141. The standard InChI is InChI=1S/C9H10F3NO4/c1-4(2)16-3-5-13-7(9(10,11)12)6(17-5)8(14)15/h4H,3H2,1-2H3,(H,14,15). The number of hydrogen-bond acceptors (Lipinski definition) is 4. The molecule has 0 atom stereocenters. The molecular formula is C9H10F3NO4. The molecule has 1 N–H and O–H groups in total. The Morgan fingerprint density at radius 1 is 1.53 bits per heavy atom. The van der Waals surface area contributed by atoms with Crippen molar-refractivity contribution in [1.29, 1.82) is 0 Å². The third-order valence-electron chi connectivity index (χ3n) is 1.67. The van der Waals surface area contributed by atoms with Gasteiger partial charge in [-0.05, 0) is 13.8 Å². The number of halogens is 3. The van der Waals surface area contributed by atoms with Gasteiger partial charge in [0.2, 0.25) is 11.7 Å². The molecule has 1 aromatic rings. The number of aromatic carboxylic acids is 1. The Morgan fingerprint density at radius 3 is 2.47 bits per heavy atom. The van der Waals surface area contributed by atoms with Gasteiger partial charge >= 0.3 is 12.1 Å². The molecule has 1 aromatic heterocycles. The second kappa shape index (κ2) is 4.74. The first-order valence-electron chi connectivity index (χ1n) is 4.63. The van der Waals surface area contributed by atoms with Crippen LogP contribution in [0.25, 0.3) is 0 Å². The fourth-order valence-electron chi connectivity index (χ4n) is 1.00. The number of nitrogens with zero attached hydrogens (tertiary/aromatic N) is 1. The van der Waals surface area contributed by atoms with Crippen LogP contribution in [-0.2, 0) is 17.5 Å². The van der Waals surface area contributed by atoms with Gasteiger partial charge < -0.3 is 14.3 Å². The highest BCUT2D eigenvalue weighted by Gasteiger charge is 2.41. The minimum Gasteiger partial charge on any atom is -0.475 e. The summed E-state index contributed by atoms with van der Waals surface area (Å²) in [5, 5.41) is 8.55. The van der Waals surface area contributed by atoms with E-state index in [1.165, 1.54) is 0 Å². The summed E-state index contributed by atoms with van der Waals surface area (Å²) in [6.07, 6.45) is -5.10. The second-order valence-electron chi connectivity index (χ2n) is 3.45. The van der Waals surface area contributed by atoms with Crippen molar-refractivity contribution in [2.45, 2.75) is 32.7 Å². The maximum atomic E-state index is 12.4. The Balaban J connectivity index is 3.01. The summed E-state index contributed by atoms with van der Waals surface area (Å²) in [5.74, 6) is -3.45. The van der Waals surface area contributed by atoms with Crippen molar-refractivity contribution in [2.24, 2.45) is 0 Å². The van der Waals surface area contributed by atoms with Gasteiger partial charge in [0.15, 0.2) is 5.69 Å². The highest BCUT2D eigenvalue weighted by Crippen LogP contribution is 2.31. The average Bonchev–Trinajstić information content (AvgIpc) is 2.57. The van der Waals surface area contributed by atoms with E-state index in [9.17, 15) is 18.0 Å². The number of rotatable bonds is 4. The van der Waals surface area contributed by atoms with E-state index in [2.05, 4.69) is 9.40 Å². The molecule has 0 aliphatic heterocycles. The normalized spacial score (nSPS) is 12.1. The zero-order valence-corrected chi connectivity index (χ0v) is 9.04. The Kier molecular flexibility index (Phi) is 3.76. The van der Waals surface area contributed by atoms with E-state index >= 15 is 0 Å². The maximum Gasteiger partial charge on any atom is 0.437 e. The SMILES string of the molecule is CC(C)OCc1nc(C(F)(F)F)c(C(=O)O)o1. The number of aromatic nitrogens is 1. The molecule has 1 heterocycles. The number of carboxylic acids is 1. The predicted octanol–water partition coefficient (Wildman–Crippen LogP) is 2.32. The second-order valence-corrected chi connectivity index (χ2v) is 3.45. The van der Waals surface area contributed by atoms with Crippen molar-refractivity contribution >= 4 is 5.97 Å². The van der Waals surface area contributed by atoms with Gasteiger partial charge in [-0.3, -0.25) is 0 Å². The zero-order chi connectivity index (χ0) is 13.2. The minimum absolute atomic E-state index is 0.232. The third kappa shape index (κ3) is 3.45. The van der Waals surface area contributed by atoms with Gasteiger partial charge in [0.05, 0.1) is 6.10 Å². The molecule has 0 amide bonds. The number of ether oxygens (including phenoxy) is 1. The summed E-state index contributed by atoms with van der Waals surface area (Å²) >= 11 is 0. The van der Waals surface area contributed by atoms with Crippen LogP contribution in [0.4, 0.5) is 13.2 Å². The molecule has 0 aromatic carbocycles. The van der Waals surface area contributed by atoms with Crippen LogP contribution in [0.2, 0.25) is 0 Å². The Morgan fingerprint density at radius 2 is 2.12 bits per heavy atom. The molecule has 0 bridgehead atoms. The van der Waals surface area contributed by atoms with E-state index in [-0.39, 0.29) is 12.7 Å². The molecule has 0 aliphatic carbocycles. The lowest BCUT2D eigenvalue weighted by Gasteiger charge is -2.03. The van der Waals surface area contributed by atoms with Crippen molar-refractivity contribution in [3.05, 3.63) is 17.3 Å². The number of carbonyl (C=O) groups is 1. The molecule has 1 rings (SSSR count). The van der Waals surface area contributed by atoms with Gasteiger partial charge in [0, 0.05) is 0 Å². The number of oxazole rings is 1. The van der Waals surface area contributed by atoms with Crippen LogP contribution in [0, 0.1) is 0 Å². The summed E-state index contributed by atoms with van der Waals surface area (Å²) in [6.45, 7) is 3.03. The fraction of sp³-hybridized carbons (Fsp3) is 0.556. The predicted molar refractivity (Wildman–Crippen MR) is 48.4 cm³/mol. The topological polar surface area (TPSA) is 72.6 Å². The van der Waals surface area contributed by atoms with Gasteiger partial charge in [0.25, 0.3) is 0 Å². The summed E-state index contributed by atoms with van der Waals surface area (Å²) in [4.78, 5) is 13.6. The molecule has 0 unspecified atom stereocenters. The van der Waals surface area contributed by atoms with Gasteiger partial charge in [-0.25, -0.2) is 9.78 Å². The molecule has 0 fully saturated rings. The van der Waals surface area contributed by atoms with Crippen LogP contribution in [0.5, 0.6) is 0 Å². The van der Waals surface area contributed by atoms with E-state index in [4.69, 9.17) is 9.84 Å². The molecule has 0 aliphatic rings. The molecule has 0 spiro atoms. The quantitative estimate of drug-likeness (QED) is 0.891. The van der Waals surface area contributed by atoms with Crippen molar-refractivity contribution in [3.8, 4) is 0 Å². The molecular weight excluding hydrogens is 243 g/mol. The van der Waals surface area contributed by atoms with E-state index in [0.717, 1.165) is 0 Å². The van der Waals surface area contributed by atoms with Gasteiger partial charge in [-0.15, -0.1) is 0 Å². The average molecular weight is 253 g/mol. The summed E-state index contributed by atoms with van der Waals surface area (Å²) in [7, 11) is 0. The van der Waals surface area contributed by atoms with Crippen LogP contribution in [0.3, 0.4) is 0 Å². The number of alkyl halides is 3. The summed E-state index contributed by atoms with van der Waals surface area (Å²) in [5.41, 5.74) is -1.55. The van der Waals surface area contributed by atoms with Gasteiger partial charge in [-0.1, -0.05) is 0 Å². The molecule has 0 saturated carbocycles. The highest BCUT2D eigenvalue weighted by atomic mass is 19.4. The fourth-order valence-corrected chi connectivity index (χ4v) is 1.00. The van der Waals surface area contributed by atoms with Crippen LogP contribution in [0.1, 0.15) is 36.0 Å². The highest BCUT2D eigenvalue weighted by molar-refractivity contribution is 5.85. The van der Waals surface area contributed by atoms with Crippen LogP contribution >= 0.6 is 0 Å². The Labute approximate surface area is 94.2 Å². The smallest absolute Gasteiger partial charge is 0.437 e. The molecule has 8 heteroatoms. The molecule has 0 saturated heterocycles. The largest absolute Gasteiger partial charge is 0.475 e. The van der Waals surface area contributed by atoms with Crippen LogP contribution < -0.4 is 0 Å². The summed E-state index contributed by atoms with van der Waals surface area (Å²) in [6, 6.07) is 0. The van der Waals surface area contributed by atoms with Crippen molar-refractivity contribution in [1.82, 2.24) is 4.98 Å². The Bertz CT molecular complexity index is 411. The Hall–Kier alpha value is -1.57. The van der Waals surface area contributed by atoms with Crippen LogP contribution in [0.15, 0.2) is 4.42 Å². The number of hydrogen-bond donors (Lipinski definition) is 1. The number of carboxylic acid groups (broad SMARTS) is 1. The lowest BCUT2D eigenvalue weighted by atomic mass is 10.3. The van der Waals surface area contributed by atoms with Crippen LogP contribution in [-0.4, -0.2) is 22.2 Å². The monoisotopic (exact) mass is 253 g/mol. The first-order valence-corrected chi connectivity index (χ1v) is 4.63. The van der Waals surface area contributed by atoms with E-state index < -0.39 is 29.5 Å². The molecule has 96 valence electrons. The van der Waals surface area contributed by atoms with Crippen molar-refractivity contribution in [3.63, 3.8) is 0 Å². The molecule has 5 nitrogen and oxygen atoms in total. The van der Waals surface area contributed by atoms with Crippen molar-refractivity contribution < 1.29 is 32.2 Å². The maximum absolute atomic E-state index is 12.4. The van der Waals surface area contributed by atoms with E-state index in [1.807, 2.05) is 0 Å². The van der Waals surface area contributed by atoms with Gasteiger partial charge in [0.1, 0.15) is 6.61 Å². The van der Waals surface area contributed by atoms with Gasteiger partial charge in [-0.2, -0.15) is 13.2 Å². The minimum atomic E-state index is -4.87. The van der Waals surface area contributed by atoms with E-state index in [1.54, 1.807) is 13.8 Å². The van der Waals surface area contributed by atoms with E-state index in [0.29, 0.717) is 0 Å². The van der Waals surface area contributed by atoms with Crippen molar-refractivity contribution in [2.75, 3.05) is 0 Å².